The molecule has 0 spiro atoms. The number of benzene rings is 1. The normalized spacial score (nSPS) is 14.7. The molecule has 0 aromatic heterocycles. The van der Waals surface area contributed by atoms with Crippen molar-refractivity contribution in [1.29, 1.82) is 5.26 Å². The van der Waals surface area contributed by atoms with E-state index in [0.717, 1.165) is 0 Å². The largest absolute Gasteiger partial charge is 0.462 e. The van der Waals surface area contributed by atoms with Gasteiger partial charge >= 0.3 is 13.7 Å². The minimum Gasteiger partial charge on any atom is -0.462 e. The number of hydrogen-bond donors (Lipinski definition) is 1. The molecule has 120 valence electrons. The summed E-state index contributed by atoms with van der Waals surface area (Å²) in [5, 5.41) is 11.3. The Hall–Kier alpha value is -1.87. The quantitative estimate of drug-likeness (QED) is 0.607. The molecule has 0 bridgehead atoms. The molecule has 0 amide bonds. The van der Waals surface area contributed by atoms with E-state index in [4.69, 9.17) is 19.0 Å². The fourth-order valence-electron chi connectivity index (χ4n) is 1.50. The maximum Gasteiger partial charge on any atom is 0.459 e. The highest BCUT2D eigenvalue weighted by atomic mass is 31.2. The lowest BCUT2D eigenvalue weighted by molar-refractivity contribution is -0.149. The van der Waals surface area contributed by atoms with Crippen LogP contribution in [0.3, 0.4) is 0 Å². The molecule has 0 fully saturated rings. The van der Waals surface area contributed by atoms with E-state index in [2.05, 4.69) is 5.09 Å². The monoisotopic (exact) mass is 326 g/mol. The van der Waals surface area contributed by atoms with Gasteiger partial charge in [-0.2, -0.15) is 10.3 Å². The molecule has 0 heterocycles. The first-order valence-electron chi connectivity index (χ1n) is 6.63. The zero-order valence-electron chi connectivity index (χ0n) is 12.9. The van der Waals surface area contributed by atoms with Gasteiger partial charge in [-0.1, -0.05) is 6.07 Å². The molecule has 0 radical (unpaired) electrons. The predicted molar refractivity (Wildman–Crippen MR) is 80.2 cm³/mol. The summed E-state index contributed by atoms with van der Waals surface area (Å²) < 4.78 is 27.7. The van der Waals surface area contributed by atoms with Crippen LogP contribution in [0.1, 0.15) is 26.3 Å². The van der Waals surface area contributed by atoms with Gasteiger partial charge < -0.3 is 9.26 Å². The van der Waals surface area contributed by atoms with Crippen molar-refractivity contribution in [1.82, 2.24) is 5.09 Å². The van der Waals surface area contributed by atoms with E-state index in [-0.39, 0.29) is 11.9 Å². The van der Waals surface area contributed by atoms with Crippen molar-refractivity contribution in [3.63, 3.8) is 0 Å². The average Bonchev–Trinajstić information content (AvgIpc) is 2.46. The molecule has 1 aromatic carbocycles. The second-order valence-corrected chi connectivity index (χ2v) is 6.55. The van der Waals surface area contributed by atoms with Crippen LogP contribution in [0.15, 0.2) is 24.3 Å². The van der Waals surface area contributed by atoms with E-state index in [1.807, 2.05) is 6.07 Å². The molecular formula is C14H19N2O5P. The van der Waals surface area contributed by atoms with Crippen molar-refractivity contribution < 1.29 is 23.1 Å². The lowest BCUT2D eigenvalue weighted by Crippen LogP contribution is -2.36. The van der Waals surface area contributed by atoms with Gasteiger partial charge in [0.15, 0.2) is 0 Å². The van der Waals surface area contributed by atoms with Crippen molar-refractivity contribution in [3.8, 4) is 11.8 Å². The number of ether oxygens (including phenoxy) is 1. The number of carbonyl (C=O) groups is 1. The van der Waals surface area contributed by atoms with Gasteiger partial charge in [-0.25, -0.2) is 4.57 Å². The van der Waals surface area contributed by atoms with Crippen LogP contribution in [-0.2, 0) is 18.6 Å². The first kappa shape index (κ1) is 18.2. The molecule has 0 saturated heterocycles. The molecule has 8 heteroatoms. The summed E-state index contributed by atoms with van der Waals surface area (Å²) in [5.74, 6) is -0.372. The van der Waals surface area contributed by atoms with E-state index in [0.29, 0.717) is 5.56 Å². The van der Waals surface area contributed by atoms with Crippen LogP contribution in [0, 0.1) is 11.3 Å². The summed E-state index contributed by atoms with van der Waals surface area (Å²) in [6.07, 6.45) is -0.285. The highest BCUT2D eigenvalue weighted by molar-refractivity contribution is 7.52. The maximum atomic E-state index is 12.5. The Morgan fingerprint density at radius 2 is 2.05 bits per heavy atom. The number of carbonyl (C=O) groups excluding carboxylic acids is 1. The molecular weight excluding hydrogens is 307 g/mol. The number of nitrogens with zero attached hydrogens (tertiary/aromatic N) is 1. The first-order chi connectivity index (χ1) is 10.3. The van der Waals surface area contributed by atoms with Crippen molar-refractivity contribution in [2.45, 2.75) is 32.9 Å². The van der Waals surface area contributed by atoms with Gasteiger partial charge in [-0.15, -0.1) is 0 Å². The third-order valence-corrected chi connectivity index (χ3v) is 4.12. The summed E-state index contributed by atoms with van der Waals surface area (Å²) in [6, 6.07) is 7.19. The Morgan fingerprint density at radius 3 is 2.59 bits per heavy atom. The SMILES string of the molecule is COP(=O)(N[C@@H](C)C(=O)OC(C)C)Oc1cccc(C#N)c1. The molecule has 1 N–H and O–H groups in total. The van der Waals surface area contributed by atoms with Gasteiger partial charge in [0.1, 0.15) is 11.8 Å². The Morgan fingerprint density at radius 1 is 1.36 bits per heavy atom. The summed E-state index contributed by atoms with van der Waals surface area (Å²) >= 11 is 0. The summed E-state index contributed by atoms with van der Waals surface area (Å²) in [4.78, 5) is 11.7. The molecule has 0 aliphatic rings. The van der Waals surface area contributed by atoms with Gasteiger partial charge in [-0.3, -0.25) is 9.32 Å². The lowest BCUT2D eigenvalue weighted by Gasteiger charge is -2.21. The maximum absolute atomic E-state index is 12.5. The molecule has 2 atom stereocenters. The third kappa shape index (κ3) is 5.49. The molecule has 22 heavy (non-hydrogen) atoms. The van der Waals surface area contributed by atoms with Crippen LogP contribution in [0.2, 0.25) is 0 Å². The number of rotatable bonds is 7. The third-order valence-electron chi connectivity index (χ3n) is 2.49. The van der Waals surface area contributed by atoms with Crippen LogP contribution in [-0.4, -0.2) is 25.2 Å². The average molecular weight is 326 g/mol. The standard InChI is InChI=1S/C14H19N2O5P/c1-10(2)20-14(17)11(3)16-22(18,19-4)21-13-7-5-6-12(8-13)9-15/h5-8,10-11H,1-4H3,(H,16,18)/t11-,22?/m0/s1. The fraction of sp³-hybridized carbons (Fsp3) is 0.429. The van der Waals surface area contributed by atoms with Crippen molar-refractivity contribution in [3.05, 3.63) is 29.8 Å². The number of nitriles is 1. The topological polar surface area (TPSA) is 97.7 Å². The molecule has 7 nitrogen and oxygen atoms in total. The molecule has 0 aliphatic carbocycles. The minimum atomic E-state index is -3.77. The molecule has 1 aromatic rings. The Kier molecular flexibility index (Phi) is 6.57. The van der Waals surface area contributed by atoms with E-state index < -0.39 is 19.8 Å². The van der Waals surface area contributed by atoms with Gasteiger partial charge in [0.05, 0.1) is 17.7 Å². The molecule has 0 saturated carbocycles. The van der Waals surface area contributed by atoms with Crippen molar-refractivity contribution in [2.75, 3.05) is 7.11 Å². The number of nitrogens with one attached hydrogen (secondary N) is 1. The van der Waals surface area contributed by atoms with Crippen molar-refractivity contribution >= 4 is 13.7 Å². The summed E-state index contributed by atoms with van der Waals surface area (Å²) in [5.41, 5.74) is 0.354. The Balaban J connectivity index is 2.81. The molecule has 1 rings (SSSR count). The van der Waals surface area contributed by atoms with Crippen LogP contribution >= 0.6 is 7.75 Å². The summed E-state index contributed by atoms with van der Waals surface area (Å²) in [7, 11) is -2.57. The highest BCUT2D eigenvalue weighted by Crippen LogP contribution is 2.44. The van der Waals surface area contributed by atoms with Crippen LogP contribution < -0.4 is 9.61 Å². The second kappa shape index (κ2) is 7.95. The zero-order chi connectivity index (χ0) is 16.8. The van der Waals surface area contributed by atoms with E-state index >= 15 is 0 Å². The van der Waals surface area contributed by atoms with Crippen LogP contribution in [0.4, 0.5) is 0 Å². The lowest BCUT2D eigenvalue weighted by atomic mass is 10.2. The number of esters is 1. The fourth-order valence-corrected chi connectivity index (χ4v) is 2.71. The highest BCUT2D eigenvalue weighted by Gasteiger charge is 2.31. The van der Waals surface area contributed by atoms with E-state index in [1.165, 1.54) is 26.2 Å². The first-order valence-corrected chi connectivity index (χ1v) is 8.17. The molecule has 1 unspecified atom stereocenters. The van der Waals surface area contributed by atoms with E-state index in [1.54, 1.807) is 26.0 Å². The van der Waals surface area contributed by atoms with Gasteiger partial charge in [-0.05, 0) is 39.0 Å². The predicted octanol–water partition coefficient (Wildman–Crippen LogP) is 2.62. The smallest absolute Gasteiger partial charge is 0.459 e. The minimum absolute atomic E-state index is 0.196. The Bertz CT molecular complexity index is 611. The number of hydrogen-bond acceptors (Lipinski definition) is 6. The van der Waals surface area contributed by atoms with Crippen LogP contribution in [0.25, 0.3) is 0 Å². The Labute approximate surface area is 129 Å². The zero-order valence-corrected chi connectivity index (χ0v) is 13.8. The van der Waals surface area contributed by atoms with Crippen molar-refractivity contribution in [2.24, 2.45) is 0 Å². The van der Waals surface area contributed by atoms with Gasteiger partial charge in [0.2, 0.25) is 0 Å². The van der Waals surface area contributed by atoms with E-state index in [9.17, 15) is 9.36 Å². The summed E-state index contributed by atoms with van der Waals surface area (Å²) in [6.45, 7) is 4.92. The molecule has 0 aliphatic heterocycles. The second-order valence-electron chi connectivity index (χ2n) is 4.75. The van der Waals surface area contributed by atoms with Crippen LogP contribution in [0.5, 0.6) is 5.75 Å². The van der Waals surface area contributed by atoms with Gasteiger partial charge in [0, 0.05) is 7.11 Å². The van der Waals surface area contributed by atoms with Gasteiger partial charge in [0.25, 0.3) is 0 Å².